The molecule has 1 aliphatic heterocycles. The first-order chi connectivity index (χ1) is 6.75. The molecule has 1 saturated heterocycles. The van der Waals surface area contributed by atoms with Crippen LogP contribution in [0.5, 0.6) is 0 Å². The Morgan fingerprint density at radius 3 is 2.64 bits per heavy atom. The lowest BCUT2D eigenvalue weighted by Crippen LogP contribution is -2.34. The van der Waals surface area contributed by atoms with Gasteiger partial charge in [0.05, 0.1) is 6.10 Å². The van der Waals surface area contributed by atoms with E-state index in [9.17, 15) is 5.11 Å². The highest BCUT2D eigenvalue weighted by Crippen LogP contribution is 2.24. The van der Waals surface area contributed by atoms with Crippen molar-refractivity contribution in [1.29, 1.82) is 0 Å². The van der Waals surface area contributed by atoms with E-state index in [-0.39, 0.29) is 6.10 Å². The molecule has 0 bridgehead atoms. The van der Waals surface area contributed by atoms with Crippen molar-refractivity contribution in [3.8, 4) is 0 Å². The maximum absolute atomic E-state index is 9.55. The Balaban J connectivity index is 2.10. The second-order valence-corrected chi connectivity index (χ2v) is 4.65. The van der Waals surface area contributed by atoms with Crippen molar-refractivity contribution in [2.45, 2.75) is 25.0 Å². The summed E-state index contributed by atoms with van der Waals surface area (Å²) in [5.74, 6) is 0. The highest BCUT2D eigenvalue weighted by Gasteiger charge is 2.20. The first-order valence-corrected chi connectivity index (χ1v) is 5.72. The van der Waals surface area contributed by atoms with Gasteiger partial charge in [0.15, 0.2) is 0 Å². The molecule has 1 aliphatic rings. The third-order valence-electron chi connectivity index (χ3n) is 2.65. The summed E-state index contributed by atoms with van der Waals surface area (Å²) in [6.07, 6.45) is 1.54. The van der Waals surface area contributed by atoms with Gasteiger partial charge in [0.25, 0.3) is 0 Å². The van der Waals surface area contributed by atoms with Gasteiger partial charge in [0.2, 0.25) is 0 Å². The summed E-state index contributed by atoms with van der Waals surface area (Å²) in [5, 5.41) is 13.0. The molecule has 1 fully saturated rings. The Labute approximate surface area is 92.5 Å². The van der Waals surface area contributed by atoms with Crippen molar-refractivity contribution < 1.29 is 5.11 Å². The maximum Gasteiger partial charge on any atom is 0.0570 e. The van der Waals surface area contributed by atoms with Crippen LogP contribution in [0, 0.1) is 0 Å². The highest BCUT2D eigenvalue weighted by atomic mass is 79.9. The standard InChI is InChI=1S/C11H14BrNO/c12-9-3-1-8(2-4-9)11-7-10(14)5-6-13-11/h1-4,10-11,13-14H,5-7H2. The maximum atomic E-state index is 9.55. The molecule has 0 saturated carbocycles. The Kier molecular flexibility index (Phi) is 3.21. The fourth-order valence-corrected chi connectivity index (χ4v) is 2.11. The van der Waals surface area contributed by atoms with E-state index in [1.807, 2.05) is 12.1 Å². The predicted octanol–water partition coefficient (Wildman–Crippen LogP) is 2.23. The lowest BCUT2D eigenvalue weighted by Gasteiger charge is -2.27. The monoisotopic (exact) mass is 255 g/mol. The second kappa shape index (κ2) is 4.43. The van der Waals surface area contributed by atoms with Gasteiger partial charge in [-0.05, 0) is 37.1 Å². The highest BCUT2D eigenvalue weighted by molar-refractivity contribution is 9.10. The van der Waals surface area contributed by atoms with Crippen LogP contribution >= 0.6 is 15.9 Å². The minimum Gasteiger partial charge on any atom is -0.393 e. The van der Waals surface area contributed by atoms with Gasteiger partial charge in [-0.2, -0.15) is 0 Å². The number of hydrogen-bond acceptors (Lipinski definition) is 2. The van der Waals surface area contributed by atoms with Crippen LogP contribution in [0.15, 0.2) is 28.7 Å². The molecule has 76 valence electrons. The quantitative estimate of drug-likeness (QED) is 0.807. The summed E-state index contributed by atoms with van der Waals surface area (Å²) in [6.45, 7) is 0.905. The van der Waals surface area contributed by atoms with Crippen LogP contribution in [0.2, 0.25) is 0 Å². The van der Waals surface area contributed by atoms with Crippen molar-refractivity contribution in [1.82, 2.24) is 5.32 Å². The van der Waals surface area contributed by atoms with Gasteiger partial charge in [-0.15, -0.1) is 0 Å². The van der Waals surface area contributed by atoms with Gasteiger partial charge in [0.1, 0.15) is 0 Å². The predicted molar refractivity (Wildman–Crippen MR) is 60.1 cm³/mol. The van der Waals surface area contributed by atoms with Crippen molar-refractivity contribution in [3.63, 3.8) is 0 Å². The van der Waals surface area contributed by atoms with Gasteiger partial charge >= 0.3 is 0 Å². The average Bonchev–Trinajstić information content (AvgIpc) is 2.19. The molecule has 2 atom stereocenters. The van der Waals surface area contributed by atoms with E-state index in [0.717, 1.165) is 23.9 Å². The number of piperidine rings is 1. The van der Waals surface area contributed by atoms with Gasteiger partial charge in [0, 0.05) is 10.5 Å². The van der Waals surface area contributed by atoms with E-state index in [1.165, 1.54) is 5.56 Å². The summed E-state index contributed by atoms with van der Waals surface area (Å²) < 4.78 is 1.10. The van der Waals surface area contributed by atoms with Crippen LogP contribution in [0.25, 0.3) is 0 Å². The zero-order valence-corrected chi connectivity index (χ0v) is 9.50. The van der Waals surface area contributed by atoms with E-state index in [2.05, 4.69) is 33.4 Å². The number of benzene rings is 1. The molecular formula is C11H14BrNO. The van der Waals surface area contributed by atoms with Crippen molar-refractivity contribution in [2.24, 2.45) is 0 Å². The Morgan fingerprint density at radius 2 is 2.00 bits per heavy atom. The number of hydrogen-bond donors (Lipinski definition) is 2. The Morgan fingerprint density at radius 1 is 1.29 bits per heavy atom. The molecule has 2 rings (SSSR count). The fraction of sp³-hybridized carbons (Fsp3) is 0.455. The zero-order valence-electron chi connectivity index (χ0n) is 7.91. The van der Waals surface area contributed by atoms with Crippen LogP contribution in [-0.2, 0) is 0 Å². The van der Waals surface area contributed by atoms with E-state index in [0.29, 0.717) is 6.04 Å². The van der Waals surface area contributed by atoms with Crippen LogP contribution in [0.4, 0.5) is 0 Å². The minimum atomic E-state index is -0.148. The summed E-state index contributed by atoms with van der Waals surface area (Å²) >= 11 is 3.41. The molecule has 2 nitrogen and oxygen atoms in total. The van der Waals surface area contributed by atoms with E-state index < -0.39 is 0 Å². The third kappa shape index (κ3) is 2.35. The van der Waals surface area contributed by atoms with E-state index in [4.69, 9.17) is 0 Å². The number of halogens is 1. The van der Waals surface area contributed by atoms with Crippen molar-refractivity contribution >= 4 is 15.9 Å². The molecule has 0 aromatic heterocycles. The molecule has 0 spiro atoms. The molecular weight excluding hydrogens is 242 g/mol. The van der Waals surface area contributed by atoms with Gasteiger partial charge in [-0.1, -0.05) is 28.1 Å². The molecule has 14 heavy (non-hydrogen) atoms. The molecule has 2 unspecified atom stereocenters. The van der Waals surface area contributed by atoms with Crippen LogP contribution in [0.1, 0.15) is 24.4 Å². The van der Waals surface area contributed by atoms with Gasteiger partial charge in [-0.3, -0.25) is 0 Å². The molecule has 1 heterocycles. The van der Waals surface area contributed by atoms with Crippen molar-refractivity contribution in [2.75, 3.05) is 6.54 Å². The molecule has 0 aliphatic carbocycles. The average molecular weight is 256 g/mol. The summed E-state index contributed by atoms with van der Waals surface area (Å²) in [4.78, 5) is 0. The van der Waals surface area contributed by atoms with Gasteiger partial charge in [-0.25, -0.2) is 0 Å². The topological polar surface area (TPSA) is 32.3 Å². The van der Waals surface area contributed by atoms with Crippen LogP contribution in [0.3, 0.4) is 0 Å². The number of rotatable bonds is 1. The van der Waals surface area contributed by atoms with Crippen LogP contribution in [-0.4, -0.2) is 17.8 Å². The SMILES string of the molecule is OC1CCNC(c2ccc(Br)cc2)C1. The third-order valence-corrected chi connectivity index (χ3v) is 3.18. The fourth-order valence-electron chi connectivity index (χ4n) is 1.85. The molecule has 0 amide bonds. The molecule has 2 N–H and O–H groups in total. The first kappa shape index (κ1) is 10.1. The number of nitrogens with one attached hydrogen (secondary N) is 1. The molecule has 0 radical (unpaired) electrons. The normalized spacial score (nSPS) is 27.6. The minimum absolute atomic E-state index is 0.148. The lowest BCUT2D eigenvalue weighted by molar-refractivity contribution is 0.117. The Bertz CT molecular complexity index is 299. The molecule has 1 aromatic carbocycles. The van der Waals surface area contributed by atoms with Gasteiger partial charge < -0.3 is 10.4 Å². The largest absolute Gasteiger partial charge is 0.393 e. The number of aliphatic hydroxyl groups excluding tert-OH is 1. The van der Waals surface area contributed by atoms with Crippen molar-refractivity contribution in [3.05, 3.63) is 34.3 Å². The zero-order chi connectivity index (χ0) is 9.97. The second-order valence-electron chi connectivity index (χ2n) is 3.74. The summed E-state index contributed by atoms with van der Waals surface area (Å²) in [7, 11) is 0. The van der Waals surface area contributed by atoms with E-state index >= 15 is 0 Å². The number of aliphatic hydroxyl groups is 1. The lowest BCUT2D eigenvalue weighted by atomic mass is 9.96. The summed E-state index contributed by atoms with van der Waals surface area (Å²) in [5.41, 5.74) is 1.26. The summed E-state index contributed by atoms with van der Waals surface area (Å²) in [6, 6.07) is 8.59. The Hall–Kier alpha value is -0.380. The molecule has 3 heteroatoms. The smallest absolute Gasteiger partial charge is 0.0570 e. The molecule has 1 aromatic rings. The van der Waals surface area contributed by atoms with Crippen LogP contribution < -0.4 is 5.32 Å². The van der Waals surface area contributed by atoms with E-state index in [1.54, 1.807) is 0 Å². The first-order valence-electron chi connectivity index (χ1n) is 4.92.